The van der Waals surface area contributed by atoms with Crippen LogP contribution in [0, 0.1) is 17.2 Å². The van der Waals surface area contributed by atoms with Crippen LogP contribution in [0.2, 0.25) is 0 Å². The Hall–Kier alpha value is -2.70. The van der Waals surface area contributed by atoms with Gasteiger partial charge in [-0.2, -0.15) is 0 Å². The van der Waals surface area contributed by atoms with Crippen molar-refractivity contribution in [3.8, 4) is 0 Å². The van der Waals surface area contributed by atoms with E-state index >= 15 is 0 Å². The number of ether oxygens (including phenoxy) is 1. The van der Waals surface area contributed by atoms with Crippen LogP contribution in [-0.2, 0) is 22.4 Å². The number of carbonyl (C=O) groups is 1. The molecule has 0 unspecified atom stereocenters. The molecule has 6 heteroatoms. The third-order valence-electron chi connectivity index (χ3n) is 7.50. The maximum Gasteiger partial charge on any atom is 0.229 e. The summed E-state index contributed by atoms with van der Waals surface area (Å²) in [5.74, 6) is 0.169. The van der Waals surface area contributed by atoms with E-state index in [0.29, 0.717) is 32.7 Å². The summed E-state index contributed by atoms with van der Waals surface area (Å²) in [5, 5.41) is 1.10. The fourth-order valence-electron chi connectivity index (χ4n) is 5.53. The van der Waals surface area contributed by atoms with Gasteiger partial charge >= 0.3 is 0 Å². The molecule has 1 aromatic heterocycles. The van der Waals surface area contributed by atoms with Crippen LogP contribution in [-0.4, -0.2) is 62.1 Å². The molecule has 2 fully saturated rings. The van der Waals surface area contributed by atoms with Crippen molar-refractivity contribution in [3.05, 3.63) is 71.7 Å². The van der Waals surface area contributed by atoms with E-state index in [2.05, 4.69) is 30.1 Å². The third-order valence-corrected chi connectivity index (χ3v) is 7.50. The lowest BCUT2D eigenvalue weighted by Crippen LogP contribution is -2.52. The lowest BCUT2D eigenvalue weighted by molar-refractivity contribution is -0.145. The largest absolute Gasteiger partial charge is 0.464 e. The summed E-state index contributed by atoms with van der Waals surface area (Å²) in [6, 6.07) is 15.0. The standard InChI is InChI=1S/C28H33FN2O3/c1-30-10-8-28(9-11-30,18-22-3-2-4-25(29)16-22)27(32)31-12-14-33-20-23(19-31)15-21-5-6-24-7-13-34-26(24)17-21/h2-7,13,16-17,23H,8-12,14-15,18-20H2,1H3/t23-/m0/s1. The average Bonchev–Trinajstić information content (AvgIpc) is 3.18. The number of hydrogen-bond acceptors (Lipinski definition) is 4. The Morgan fingerprint density at radius 3 is 2.76 bits per heavy atom. The molecule has 180 valence electrons. The van der Waals surface area contributed by atoms with Gasteiger partial charge in [0.2, 0.25) is 5.91 Å². The van der Waals surface area contributed by atoms with Crippen LogP contribution in [0.1, 0.15) is 24.0 Å². The van der Waals surface area contributed by atoms with E-state index in [1.807, 2.05) is 17.0 Å². The molecule has 2 aliphatic rings. The summed E-state index contributed by atoms with van der Waals surface area (Å²) < 4.78 is 25.4. The highest BCUT2D eigenvalue weighted by Crippen LogP contribution is 2.37. The van der Waals surface area contributed by atoms with Crippen molar-refractivity contribution in [1.82, 2.24) is 9.80 Å². The van der Waals surface area contributed by atoms with Gasteiger partial charge in [0.05, 0.1) is 24.9 Å². The van der Waals surface area contributed by atoms with Crippen molar-refractivity contribution in [2.75, 3.05) is 46.4 Å². The fourth-order valence-corrected chi connectivity index (χ4v) is 5.53. The van der Waals surface area contributed by atoms with Gasteiger partial charge in [0.1, 0.15) is 11.4 Å². The van der Waals surface area contributed by atoms with Gasteiger partial charge in [0.15, 0.2) is 0 Å². The predicted molar refractivity (Wildman–Crippen MR) is 130 cm³/mol. The molecule has 0 saturated carbocycles. The average molecular weight is 465 g/mol. The molecule has 1 atom stereocenters. The van der Waals surface area contributed by atoms with Crippen molar-refractivity contribution in [2.24, 2.45) is 11.3 Å². The van der Waals surface area contributed by atoms with Crippen LogP contribution >= 0.6 is 0 Å². The van der Waals surface area contributed by atoms with Crippen molar-refractivity contribution >= 4 is 16.9 Å². The Morgan fingerprint density at radius 1 is 1.09 bits per heavy atom. The minimum Gasteiger partial charge on any atom is -0.464 e. The van der Waals surface area contributed by atoms with Crippen LogP contribution < -0.4 is 0 Å². The first-order chi connectivity index (χ1) is 16.5. The number of halogens is 1. The van der Waals surface area contributed by atoms with Gasteiger partial charge in [0.25, 0.3) is 0 Å². The zero-order valence-corrected chi connectivity index (χ0v) is 19.8. The highest BCUT2D eigenvalue weighted by atomic mass is 19.1. The van der Waals surface area contributed by atoms with Gasteiger partial charge < -0.3 is 19.0 Å². The Labute approximate surface area is 200 Å². The smallest absolute Gasteiger partial charge is 0.229 e. The van der Waals surface area contributed by atoms with Gasteiger partial charge in [-0.25, -0.2) is 4.39 Å². The lowest BCUT2D eigenvalue weighted by Gasteiger charge is -2.42. The van der Waals surface area contributed by atoms with E-state index < -0.39 is 5.41 Å². The van der Waals surface area contributed by atoms with Crippen molar-refractivity contribution in [1.29, 1.82) is 0 Å². The van der Waals surface area contributed by atoms with Gasteiger partial charge in [0, 0.05) is 24.4 Å². The third kappa shape index (κ3) is 5.03. The van der Waals surface area contributed by atoms with Crippen LogP contribution in [0.4, 0.5) is 4.39 Å². The van der Waals surface area contributed by atoms with Crippen molar-refractivity contribution in [3.63, 3.8) is 0 Å². The molecule has 0 bridgehead atoms. The molecule has 1 amide bonds. The maximum absolute atomic E-state index is 14.1. The normalized spacial score (nSPS) is 21.5. The summed E-state index contributed by atoms with van der Waals surface area (Å²) in [5.41, 5.74) is 2.48. The predicted octanol–water partition coefficient (Wildman–Crippen LogP) is 4.54. The van der Waals surface area contributed by atoms with E-state index in [9.17, 15) is 9.18 Å². The molecule has 0 spiro atoms. The molecule has 5 rings (SSSR count). The second kappa shape index (κ2) is 9.88. The number of carbonyl (C=O) groups excluding carboxylic acids is 1. The summed E-state index contributed by atoms with van der Waals surface area (Å²) in [7, 11) is 2.10. The van der Waals surface area contributed by atoms with Gasteiger partial charge in [-0.3, -0.25) is 4.79 Å². The summed E-state index contributed by atoms with van der Waals surface area (Å²) in [6.07, 6.45) is 4.70. The fraction of sp³-hybridized carbons (Fsp3) is 0.464. The summed E-state index contributed by atoms with van der Waals surface area (Å²) in [6.45, 7) is 4.22. The quantitative estimate of drug-likeness (QED) is 0.556. The van der Waals surface area contributed by atoms with E-state index in [1.165, 1.54) is 11.6 Å². The first-order valence-corrected chi connectivity index (χ1v) is 12.3. The Morgan fingerprint density at radius 2 is 1.94 bits per heavy atom. The highest BCUT2D eigenvalue weighted by molar-refractivity contribution is 5.83. The molecule has 2 aliphatic heterocycles. The zero-order valence-electron chi connectivity index (χ0n) is 19.8. The first-order valence-electron chi connectivity index (χ1n) is 12.3. The van der Waals surface area contributed by atoms with Gasteiger partial charge in [-0.05, 0) is 81.2 Å². The highest BCUT2D eigenvalue weighted by Gasteiger charge is 2.43. The second-order valence-electron chi connectivity index (χ2n) is 10.1. The second-order valence-corrected chi connectivity index (χ2v) is 10.1. The van der Waals surface area contributed by atoms with Crippen molar-refractivity contribution in [2.45, 2.75) is 25.7 Å². The minimum atomic E-state index is -0.498. The van der Waals surface area contributed by atoms with Crippen molar-refractivity contribution < 1.29 is 18.3 Å². The molecule has 0 aliphatic carbocycles. The molecule has 2 saturated heterocycles. The molecule has 2 aromatic carbocycles. The number of furan rings is 1. The van der Waals surface area contributed by atoms with Gasteiger partial charge in [-0.1, -0.05) is 24.3 Å². The number of amides is 1. The first kappa shape index (κ1) is 23.1. The minimum absolute atomic E-state index is 0.196. The van der Waals surface area contributed by atoms with E-state index in [1.54, 1.807) is 18.4 Å². The molecule has 34 heavy (non-hydrogen) atoms. The molecule has 0 N–H and O–H groups in total. The summed E-state index contributed by atoms with van der Waals surface area (Å²) >= 11 is 0. The topological polar surface area (TPSA) is 45.9 Å². The molecule has 0 radical (unpaired) electrons. The lowest BCUT2D eigenvalue weighted by atomic mass is 9.72. The zero-order chi connectivity index (χ0) is 23.5. The van der Waals surface area contributed by atoms with E-state index in [0.717, 1.165) is 48.9 Å². The monoisotopic (exact) mass is 464 g/mol. The Kier molecular flexibility index (Phi) is 6.70. The van der Waals surface area contributed by atoms with Crippen LogP contribution in [0.5, 0.6) is 0 Å². The number of likely N-dealkylation sites (tertiary alicyclic amines) is 1. The number of hydrogen-bond donors (Lipinski definition) is 0. The molecule has 5 nitrogen and oxygen atoms in total. The number of fused-ring (bicyclic) bond motifs is 1. The summed E-state index contributed by atoms with van der Waals surface area (Å²) in [4.78, 5) is 18.4. The van der Waals surface area contributed by atoms with Crippen LogP contribution in [0.15, 0.2) is 59.2 Å². The number of benzene rings is 2. The molecular formula is C28H33FN2O3. The van der Waals surface area contributed by atoms with Crippen LogP contribution in [0.25, 0.3) is 11.0 Å². The molecule has 3 aromatic rings. The Balaban J connectivity index is 1.35. The van der Waals surface area contributed by atoms with Gasteiger partial charge in [-0.15, -0.1) is 0 Å². The Bertz CT molecular complexity index is 1140. The molecular weight excluding hydrogens is 431 g/mol. The maximum atomic E-state index is 14.1. The number of rotatable bonds is 5. The van der Waals surface area contributed by atoms with Crippen LogP contribution in [0.3, 0.4) is 0 Å². The van der Waals surface area contributed by atoms with E-state index in [-0.39, 0.29) is 17.6 Å². The van der Waals surface area contributed by atoms with E-state index in [4.69, 9.17) is 9.15 Å². The number of piperidine rings is 1. The number of nitrogens with zero attached hydrogens (tertiary/aromatic N) is 2. The SMILES string of the molecule is CN1CCC(Cc2cccc(F)c2)(C(=O)N2CCOC[C@@H](Cc3ccc4ccoc4c3)C2)CC1. The molecule has 3 heterocycles.